The quantitative estimate of drug-likeness (QED) is 0.691. The first-order valence-electron chi connectivity index (χ1n) is 11.2. The molecule has 1 heterocycles. The molecule has 7 heteroatoms. The summed E-state index contributed by atoms with van der Waals surface area (Å²) in [6.07, 6.45) is 1.94. The summed E-state index contributed by atoms with van der Waals surface area (Å²) in [6, 6.07) is 13.3. The summed E-state index contributed by atoms with van der Waals surface area (Å²) < 4.78 is 5.49. The Hall–Kier alpha value is -3.22. The first-order chi connectivity index (χ1) is 15.2. The third-order valence-electron chi connectivity index (χ3n) is 5.80. The van der Waals surface area contributed by atoms with Gasteiger partial charge in [-0.05, 0) is 75.4 Å². The minimum absolute atomic E-state index is 0.133. The van der Waals surface area contributed by atoms with E-state index in [-0.39, 0.29) is 12.0 Å². The molecule has 0 bridgehead atoms. The molecule has 0 radical (unpaired) electrons. The van der Waals surface area contributed by atoms with E-state index in [1.54, 1.807) is 11.0 Å². The number of carbonyl (C=O) groups excluding carboxylic acids is 2. The molecule has 0 spiro atoms. The van der Waals surface area contributed by atoms with E-state index in [0.29, 0.717) is 35.9 Å². The van der Waals surface area contributed by atoms with Crippen molar-refractivity contribution in [3.05, 3.63) is 53.6 Å². The van der Waals surface area contributed by atoms with Crippen LogP contribution in [0.2, 0.25) is 0 Å². The van der Waals surface area contributed by atoms with E-state index in [2.05, 4.69) is 16.3 Å². The van der Waals surface area contributed by atoms with Gasteiger partial charge in [-0.2, -0.15) is 0 Å². The van der Waals surface area contributed by atoms with Gasteiger partial charge >= 0.3 is 6.09 Å². The molecule has 0 atom stereocenters. The van der Waals surface area contributed by atoms with Crippen molar-refractivity contribution in [2.45, 2.75) is 45.1 Å². The van der Waals surface area contributed by atoms with Crippen molar-refractivity contribution < 1.29 is 14.3 Å². The number of nitrogen functional groups attached to an aromatic ring is 1. The van der Waals surface area contributed by atoms with Crippen LogP contribution in [0.1, 0.15) is 55.5 Å². The normalized spacial score (nSPS) is 16.6. The van der Waals surface area contributed by atoms with E-state index in [1.807, 2.05) is 51.1 Å². The Morgan fingerprint density at radius 3 is 2.34 bits per heavy atom. The van der Waals surface area contributed by atoms with Crippen LogP contribution in [0.25, 0.3) is 0 Å². The Morgan fingerprint density at radius 1 is 1.03 bits per heavy atom. The molecule has 2 fully saturated rings. The Kier molecular flexibility index (Phi) is 6.00. The Morgan fingerprint density at radius 2 is 1.72 bits per heavy atom. The van der Waals surface area contributed by atoms with Crippen LogP contribution in [0.15, 0.2) is 42.5 Å². The number of anilines is 3. The standard InChI is InChI=1S/C25H32N4O3/c1-25(2,3)32-24(31)29-14-12-28(13-15-29)18-10-11-19(20(16-18)17-8-9-17)23(30)27-22-7-5-4-6-21(22)26/h4-7,10-11,16-17H,8-9,12-15,26H2,1-3H3,(H,27,30). The summed E-state index contributed by atoms with van der Waals surface area (Å²) in [4.78, 5) is 29.4. The topological polar surface area (TPSA) is 87.9 Å². The smallest absolute Gasteiger partial charge is 0.410 e. The van der Waals surface area contributed by atoms with Gasteiger partial charge in [0.1, 0.15) is 5.60 Å². The molecule has 7 nitrogen and oxygen atoms in total. The maximum atomic E-state index is 13.0. The fourth-order valence-corrected chi connectivity index (χ4v) is 3.96. The summed E-state index contributed by atoms with van der Waals surface area (Å²) in [7, 11) is 0. The van der Waals surface area contributed by atoms with Gasteiger partial charge in [0.05, 0.1) is 11.4 Å². The van der Waals surface area contributed by atoms with E-state index in [1.165, 1.54) is 0 Å². The molecule has 2 amide bonds. The van der Waals surface area contributed by atoms with Crippen LogP contribution < -0.4 is 16.0 Å². The van der Waals surface area contributed by atoms with Gasteiger partial charge in [-0.15, -0.1) is 0 Å². The zero-order valence-electron chi connectivity index (χ0n) is 19.1. The first kappa shape index (κ1) is 22.0. The predicted octanol–water partition coefficient (Wildman–Crippen LogP) is 4.46. The Labute approximate surface area is 189 Å². The minimum atomic E-state index is -0.492. The number of hydrogen-bond acceptors (Lipinski definition) is 5. The third kappa shape index (κ3) is 5.15. The molecule has 4 rings (SSSR count). The summed E-state index contributed by atoms with van der Waals surface area (Å²) in [5, 5.41) is 2.95. The molecule has 2 aromatic carbocycles. The molecule has 2 aromatic rings. The number of ether oxygens (including phenoxy) is 1. The van der Waals surface area contributed by atoms with Gasteiger partial charge in [-0.3, -0.25) is 4.79 Å². The molecule has 1 saturated carbocycles. The van der Waals surface area contributed by atoms with Crippen LogP contribution in [0.5, 0.6) is 0 Å². The van der Waals surface area contributed by atoms with E-state index in [4.69, 9.17) is 10.5 Å². The largest absolute Gasteiger partial charge is 0.444 e. The number of para-hydroxylation sites is 2. The molecule has 1 aliphatic heterocycles. The fraction of sp³-hybridized carbons (Fsp3) is 0.440. The average molecular weight is 437 g/mol. The average Bonchev–Trinajstić information content (AvgIpc) is 3.59. The van der Waals surface area contributed by atoms with Crippen molar-refractivity contribution in [3.63, 3.8) is 0 Å². The van der Waals surface area contributed by atoms with Gasteiger partial charge in [-0.1, -0.05) is 12.1 Å². The van der Waals surface area contributed by atoms with E-state index in [0.717, 1.165) is 37.2 Å². The number of nitrogens with zero attached hydrogens (tertiary/aromatic N) is 2. The minimum Gasteiger partial charge on any atom is -0.444 e. The second kappa shape index (κ2) is 8.73. The van der Waals surface area contributed by atoms with Gasteiger partial charge in [0, 0.05) is 37.4 Å². The van der Waals surface area contributed by atoms with Crippen molar-refractivity contribution >= 4 is 29.1 Å². The Bertz CT molecular complexity index is 1000. The van der Waals surface area contributed by atoms with Gasteiger partial charge in [0.2, 0.25) is 0 Å². The second-order valence-corrected chi connectivity index (χ2v) is 9.54. The lowest BCUT2D eigenvalue weighted by molar-refractivity contribution is 0.0240. The number of nitrogens with one attached hydrogen (secondary N) is 1. The highest BCUT2D eigenvalue weighted by Crippen LogP contribution is 2.43. The maximum absolute atomic E-state index is 13.0. The van der Waals surface area contributed by atoms with Crippen molar-refractivity contribution in [1.29, 1.82) is 0 Å². The van der Waals surface area contributed by atoms with Crippen molar-refractivity contribution in [3.8, 4) is 0 Å². The lowest BCUT2D eigenvalue weighted by Gasteiger charge is -2.37. The number of amides is 2. The molecule has 1 aliphatic carbocycles. The highest BCUT2D eigenvalue weighted by atomic mass is 16.6. The summed E-state index contributed by atoms with van der Waals surface area (Å²) in [6.45, 7) is 8.33. The Balaban J connectivity index is 1.45. The fourth-order valence-electron chi connectivity index (χ4n) is 3.96. The SMILES string of the molecule is CC(C)(C)OC(=O)N1CCN(c2ccc(C(=O)Nc3ccccc3N)c(C3CC3)c2)CC1. The van der Waals surface area contributed by atoms with Crippen LogP contribution in [-0.4, -0.2) is 48.7 Å². The monoisotopic (exact) mass is 436 g/mol. The van der Waals surface area contributed by atoms with Crippen molar-refractivity contribution in [2.24, 2.45) is 0 Å². The van der Waals surface area contributed by atoms with Crippen LogP contribution in [-0.2, 0) is 4.74 Å². The van der Waals surface area contributed by atoms with E-state index in [9.17, 15) is 9.59 Å². The van der Waals surface area contributed by atoms with Gasteiger partial charge in [-0.25, -0.2) is 4.79 Å². The molecule has 1 saturated heterocycles. The van der Waals surface area contributed by atoms with E-state index < -0.39 is 5.60 Å². The number of carbonyl (C=O) groups is 2. The molecular weight excluding hydrogens is 404 g/mol. The van der Waals surface area contributed by atoms with Crippen LogP contribution in [0, 0.1) is 0 Å². The summed E-state index contributed by atoms with van der Waals surface area (Å²) in [5.74, 6) is 0.290. The summed E-state index contributed by atoms with van der Waals surface area (Å²) >= 11 is 0. The number of hydrogen-bond donors (Lipinski definition) is 2. The maximum Gasteiger partial charge on any atom is 0.410 e. The van der Waals surface area contributed by atoms with Crippen LogP contribution in [0.4, 0.5) is 21.9 Å². The lowest BCUT2D eigenvalue weighted by atomic mass is 10.0. The van der Waals surface area contributed by atoms with Crippen molar-refractivity contribution in [1.82, 2.24) is 4.90 Å². The molecular formula is C25H32N4O3. The van der Waals surface area contributed by atoms with Gasteiger partial charge in [0.25, 0.3) is 5.91 Å². The molecule has 3 N–H and O–H groups in total. The van der Waals surface area contributed by atoms with Gasteiger partial charge < -0.3 is 25.6 Å². The summed E-state index contributed by atoms with van der Waals surface area (Å²) in [5.41, 5.74) is 9.55. The van der Waals surface area contributed by atoms with Gasteiger partial charge in [0.15, 0.2) is 0 Å². The number of piperazine rings is 1. The zero-order valence-corrected chi connectivity index (χ0v) is 19.1. The predicted molar refractivity (Wildman–Crippen MR) is 127 cm³/mol. The number of rotatable bonds is 4. The first-order valence-corrected chi connectivity index (χ1v) is 11.2. The third-order valence-corrected chi connectivity index (χ3v) is 5.80. The molecule has 32 heavy (non-hydrogen) atoms. The zero-order chi connectivity index (χ0) is 22.9. The molecule has 2 aliphatic rings. The van der Waals surface area contributed by atoms with E-state index >= 15 is 0 Å². The van der Waals surface area contributed by atoms with Crippen LogP contribution in [0.3, 0.4) is 0 Å². The molecule has 0 aromatic heterocycles. The number of benzene rings is 2. The lowest BCUT2D eigenvalue weighted by Crippen LogP contribution is -2.50. The second-order valence-electron chi connectivity index (χ2n) is 9.54. The number of nitrogens with two attached hydrogens (primary N) is 1. The van der Waals surface area contributed by atoms with Crippen LogP contribution >= 0.6 is 0 Å². The highest BCUT2D eigenvalue weighted by Gasteiger charge is 2.30. The van der Waals surface area contributed by atoms with Crippen molar-refractivity contribution in [2.75, 3.05) is 42.1 Å². The molecule has 170 valence electrons. The molecule has 0 unspecified atom stereocenters. The highest BCUT2D eigenvalue weighted by molar-refractivity contribution is 6.07.